The van der Waals surface area contributed by atoms with Crippen molar-refractivity contribution in [2.75, 3.05) is 26.2 Å². The molecule has 26 heavy (non-hydrogen) atoms. The molecule has 1 saturated heterocycles. The highest BCUT2D eigenvalue weighted by atomic mass is 32.1. The van der Waals surface area contributed by atoms with Crippen molar-refractivity contribution in [3.63, 3.8) is 0 Å². The summed E-state index contributed by atoms with van der Waals surface area (Å²) in [6, 6.07) is 0. The Balaban J connectivity index is 1.32. The van der Waals surface area contributed by atoms with E-state index in [-0.39, 0.29) is 5.91 Å². The van der Waals surface area contributed by atoms with Crippen molar-refractivity contribution in [2.24, 2.45) is 0 Å². The zero-order valence-corrected chi connectivity index (χ0v) is 15.9. The van der Waals surface area contributed by atoms with Crippen LogP contribution in [0.4, 0.5) is 0 Å². The van der Waals surface area contributed by atoms with Crippen molar-refractivity contribution in [3.05, 3.63) is 41.4 Å². The number of carbonyl (C=O) groups is 1. The Morgan fingerprint density at radius 3 is 2.96 bits per heavy atom. The lowest BCUT2D eigenvalue weighted by molar-refractivity contribution is -0.130. The summed E-state index contributed by atoms with van der Waals surface area (Å²) in [5, 5.41) is 6.35. The number of aromatic nitrogens is 4. The van der Waals surface area contributed by atoms with Crippen LogP contribution in [0.3, 0.4) is 0 Å². The van der Waals surface area contributed by atoms with Crippen molar-refractivity contribution in [2.45, 2.75) is 32.9 Å². The summed E-state index contributed by atoms with van der Waals surface area (Å²) in [4.78, 5) is 22.6. The van der Waals surface area contributed by atoms with Gasteiger partial charge in [0.1, 0.15) is 0 Å². The minimum absolute atomic E-state index is 0.177. The Hall–Kier alpha value is -2.19. The van der Waals surface area contributed by atoms with Gasteiger partial charge in [-0.1, -0.05) is 0 Å². The van der Waals surface area contributed by atoms with Crippen molar-refractivity contribution < 1.29 is 4.79 Å². The summed E-state index contributed by atoms with van der Waals surface area (Å²) in [7, 11) is 0. The Morgan fingerprint density at radius 1 is 1.23 bits per heavy atom. The third-order valence-electron chi connectivity index (χ3n) is 4.83. The number of hydrogen-bond acceptors (Lipinski definition) is 5. The fraction of sp³-hybridized carbons (Fsp3) is 0.500. The van der Waals surface area contributed by atoms with E-state index in [9.17, 15) is 4.79 Å². The smallest absolute Gasteiger partial charge is 0.228 e. The molecule has 1 fully saturated rings. The maximum absolute atomic E-state index is 12.7. The van der Waals surface area contributed by atoms with Gasteiger partial charge in [-0.05, 0) is 13.3 Å². The first-order valence-corrected chi connectivity index (χ1v) is 10.0. The van der Waals surface area contributed by atoms with Gasteiger partial charge in [-0.3, -0.25) is 18.8 Å². The van der Waals surface area contributed by atoms with E-state index >= 15 is 0 Å². The topological polar surface area (TPSA) is 58.7 Å². The van der Waals surface area contributed by atoms with E-state index < -0.39 is 0 Å². The van der Waals surface area contributed by atoms with E-state index in [1.165, 1.54) is 5.56 Å². The number of amides is 1. The summed E-state index contributed by atoms with van der Waals surface area (Å²) in [5.74, 6) is 0.177. The minimum Gasteiger partial charge on any atom is -0.341 e. The second kappa shape index (κ2) is 7.59. The predicted molar refractivity (Wildman–Crippen MR) is 101 cm³/mol. The van der Waals surface area contributed by atoms with Crippen LogP contribution < -0.4 is 0 Å². The van der Waals surface area contributed by atoms with Crippen molar-refractivity contribution in [3.8, 4) is 0 Å². The fourth-order valence-corrected chi connectivity index (χ4v) is 4.14. The molecule has 7 nitrogen and oxygen atoms in total. The number of aryl methyl sites for hydroxylation is 1. The Bertz CT molecular complexity index is 853. The molecule has 0 N–H and O–H groups in total. The van der Waals surface area contributed by atoms with E-state index in [1.807, 2.05) is 38.0 Å². The monoisotopic (exact) mass is 372 g/mol. The van der Waals surface area contributed by atoms with Gasteiger partial charge >= 0.3 is 0 Å². The van der Waals surface area contributed by atoms with Gasteiger partial charge in [-0.15, -0.1) is 11.3 Å². The van der Waals surface area contributed by atoms with Crippen LogP contribution in [-0.2, 0) is 24.3 Å². The average Bonchev–Trinajstić information content (AvgIpc) is 3.29. The van der Waals surface area contributed by atoms with E-state index in [1.54, 1.807) is 11.3 Å². The molecule has 3 aromatic rings. The summed E-state index contributed by atoms with van der Waals surface area (Å²) in [6.45, 7) is 7.42. The average molecular weight is 372 g/mol. The van der Waals surface area contributed by atoms with Crippen LogP contribution >= 0.6 is 11.3 Å². The molecule has 0 atom stereocenters. The number of rotatable bonds is 5. The van der Waals surface area contributed by atoms with Crippen LogP contribution in [0.25, 0.3) is 4.96 Å². The Morgan fingerprint density at radius 2 is 2.15 bits per heavy atom. The quantitative estimate of drug-likeness (QED) is 0.686. The normalized spacial score (nSPS) is 16.3. The molecule has 0 spiro atoms. The maximum Gasteiger partial charge on any atom is 0.228 e. The van der Waals surface area contributed by atoms with Gasteiger partial charge < -0.3 is 4.90 Å². The van der Waals surface area contributed by atoms with Crippen LogP contribution in [-0.4, -0.2) is 61.1 Å². The molecule has 0 radical (unpaired) electrons. The molecule has 0 unspecified atom stereocenters. The molecule has 0 aliphatic carbocycles. The van der Waals surface area contributed by atoms with Gasteiger partial charge in [0.15, 0.2) is 4.96 Å². The highest BCUT2D eigenvalue weighted by Gasteiger charge is 2.20. The standard InChI is InChI=1S/C18H24N6OS/c1-2-24-13-15(11-19-24)12-21-4-3-5-22(7-6-21)17(25)10-16-14-23-8-9-26-18(23)20-16/h8-9,11,13-14H,2-7,10,12H2,1H3. The zero-order valence-electron chi connectivity index (χ0n) is 15.0. The van der Waals surface area contributed by atoms with Crippen molar-refractivity contribution in [1.82, 2.24) is 29.0 Å². The van der Waals surface area contributed by atoms with Crippen molar-refractivity contribution in [1.29, 1.82) is 0 Å². The molecule has 3 aromatic heterocycles. The van der Waals surface area contributed by atoms with Gasteiger partial charge in [0.05, 0.1) is 18.3 Å². The number of fused-ring (bicyclic) bond motifs is 1. The molecule has 8 heteroatoms. The van der Waals surface area contributed by atoms with E-state index in [2.05, 4.69) is 28.1 Å². The molecule has 4 heterocycles. The molecule has 0 saturated carbocycles. The molecular formula is C18H24N6OS. The van der Waals surface area contributed by atoms with Gasteiger partial charge in [0, 0.05) is 68.8 Å². The maximum atomic E-state index is 12.7. The third-order valence-corrected chi connectivity index (χ3v) is 5.60. The largest absolute Gasteiger partial charge is 0.341 e. The first-order chi connectivity index (χ1) is 12.7. The summed E-state index contributed by atoms with van der Waals surface area (Å²) in [5.41, 5.74) is 2.10. The van der Waals surface area contributed by atoms with E-state index in [0.29, 0.717) is 6.42 Å². The number of thiazole rings is 1. The number of carbonyl (C=O) groups excluding carboxylic acids is 1. The van der Waals surface area contributed by atoms with E-state index in [4.69, 9.17) is 0 Å². The molecule has 0 aromatic carbocycles. The van der Waals surface area contributed by atoms with Crippen LogP contribution in [0.1, 0.15) is 24.6 Å². The first-order valence-electron chi connectivity index (χ1n) is 9.14. The van der Waals surface area contributed by atoms with Crippen LogP contribution in [0.15, 0.2) is 30.2 Å². The third kappa shape index (κ3) is 3.81. The molecular weight excluding hydrogens is 348 g/mol. The van der Waals surface area contributed by atoms with Gasteiger partial charge in [-0.25, -0.2) is 4.98 Å². The van der Waals surface area contributed by atoms with Crippen LogP contribution in [0.5, 0.6) is 0 Å². The molecule has 138 valence electrons. The lowest BCUT2D eigenvalue weighted by atomic mass is 10.3. The number of hydrogen-bond donors (Lipinski definition) is 0. The second-order valence-electron chi connectivity index (χ2n) is 6.72. The lowest BCUT2D eigenvalue weighted by Gasteiger charge is -2.21. The van der Waals surface area contributed by atoms with Crippen LogP contribution in [0, 0.1) is 0 Å². The number of nitrogens with zero attached hydrogens (tertiary/aromatic N) is 6. The Kier molecular flexibility index (Phi) is 5.03. The van der Waals surface area contributed by atoms with Gasteiger partial charge in [0.25, 0.3) is 0 Å². The predicted octanol–water partition coefficient (Wildman–Crippen LogP) is 1.89. The fourth-order valence-electron chi connectivity index (χ4n) is 3.43. The Labute approximate surface area is 156 Å². The second-order valence-corrected chi connectivity index (χ2v) is 7.59. The van der Waals surface area contributed by atoms with E-state index in [0.717, 1.165) is 56.3 Å². The van der Waals surface area contributed by atoms with Gasteiger partial charge in [-0.2, -0.15) is 5.10 Å². The summed E-state index contributed by atoms with van der Waals surface area (Å²) in [6.07, 6.45) is 9.38. The highest BCUT2D eigenvalue weighted by molar-refractivity contribution is 7.15. The summed E-state index contributed by atoms with van der Waals surface area (Å²) >= 11 is 1.59. The molecule has 1 aliphatic rings. The number of imidazole rings is 1. The van der Waals surface area contributed by atoms with Crippen LogP contribution in [0.2, 0.25) is 0 Å². The molecule has 0 bridgehead atoms. The zero-order chi connectivity index (χ0) is 17.9. The SMILES string of the molecule is CCn1cc(CN2CCCN(C(=O)Cc3cn4ccsc4n3)CC2)cn1. The highest BCUT2D eigenvalue weighted by Crippen LogP contribution is 2.14. The molecule has 4 rings (SSSR count). The molecule has 1 amide bonds. The van der Waals surface area contributed by atoms with Crippen molar-refractivity contribution >= 4 is 22.2 Å². The minimum atomic E-state index is 0.177. The summed E-state index contributed by atoms with van der Waals surface area (Å²) < 4.78 is 3.94. The molecule has 1 aliphatic heterocycles. The lowest BCUT2D eigenvalue weighted by Crippen LogP contribution is -2.36. The first kappa shape index (κ1) is 17.2. The van der Waals surface area contributed by atoms with Gasteiger partial charge in [0.2, 0.25) is 5.91 Å².